The maximum absolute atomic E-state index is 13.0. The molecule has 7 heteroatoms. The van der Waals surface area contributed by atoms with E-state index in [0.29, 0.717) is 0 Å². The smallest absolute Gasteiger partial charge is 0.285 e. The fourth-order valence-electron chi connectivity index (χ4n) is 2.17. The minimum atomic E-state index is -0.752. The Morgan fingerprint density at radius 1 is 1.47 bits per heavy atom. The zero-order valence-corrected chi connectivity index (χ0v) is 11.5. The predicted molar refractivity (Wildman–Crippen MR) is 70.9 cm³/mol. The van der Waals surface area contributed by atoms with E-state index >= 15 is 0 Å². The van der Waals surface area contributed by atoms with Gasteiger partial charge in [-0.3, -0.25) is 14.9 Å². The molecule has 1 aliphatic carbocycles. The van der Waals surface area contributed by atoms with Gasteiger partial charge in [0, 0.05) is 10.9 Å². The molecule has 102 valence electrons. The number of hydrogen-bond acceptors (Lipinski definition) is 3. The van der Waals surface area contributed by atoms with Gasteiger partial charge in [0.15, 0.2) is 0 Å². The number of benzene rings is 1. The van der Waals surface area contributed by atoms with E-state index in [1.54, 1.807) is 0 Å². The molecular weight excluding hydrogens is 319 g/mol. The molecule has 0 aromatic heterocycles. The first-order valence-corrected chi connectivity index (χ1v) is 6.79. The van der Waals surface area contributed by atoms with Crippen LogP contribution < -0.4 is 5.32 Å². The minimum absolute atomic E-state index is 0.0443. The van der Waals surface area contributed by atoms with E-state index in [2.05, 4.69) is 21.2 Å². The lowest BCUT2D eigenvalue weighted by molar-refractivity contribution is -0.385. The fourth-order valence-corrected chi connectivity index (χ4v) is 2.89. The summed E-state index contributed by atoms with van der Waals surface area (Å²) in [5.74, 6) is -1.27. The van der Waals surface area contributed by atoms with E-state index in [-0.39, 0.29) is 16.4 Å². The van der Waals surface area contributed by atoms with Crippen LogP contribution in [0.1, 0.15) is 29.6 Å². The highest BCUT2D eigenvalue weighted by Gasteiger charge is 2.29. The van der Waals surface area contributed by atoms with Gasteiger partial charge in [0.05, 0.1) is 11.0 Å². The molecule has 0 saturated heterocycles. The summed E-state index contributed by atoms with van der Waals surface area (Å²) in [7, 11) is 0. The second kappa shape index (κ2) is 5.64. The van der Waals surface area contributed by atoms with Crippen LogP contribution in [0.5, 0.6) is 0 Å². The molecule has 2 rings (SSSR count). The summed E-state index contributed by atoms with van der Waals surface area (Å²) in [6, 6.07) is 2.90. The monoisotopic (exact) mass is 330 g/mol. The van der Waals surface area contributed by atoms with E-state index in [4.69, 9.17) is 0 Å². The van der Waals surface area contributed by atoms with Crippen LogP contribution in [0.15, 0.2) is 18.2 Å². The van der Waals surface area contributed by atoms with Crippen LogP contribution in [-0.2, 0) is 0 Å². The third kappa shape index (κ3) is 3.09. The van der Waals surface area contributed by atoms with Gasteiger partial charge in [-0.15, -0.1) is 0 Å². The van der Waals surface area contributed by atoms with Crippen molar-refractivity contribution in [1.82, 2.24) is 5.32 Å². The van der Waals surface area contributed by atoms with Crippen molar-refractivity contribution in [2.45, 2.75) is 30.1 Å². The normalized spacial score (nSPS) is 22.2. The molecule has 1 N–H and O–H groups in total. The standard InChI is InChI=1S/C12H12BrFN2O3/c13-9-2-1-3-10(9)15-12(17)8-5-4-7(14)6-11(8)16(18)19/h4-6,9-10H,1-3H2,(H,15,17). The SMILES string of the molecule is O=C(NC1CCCC1Br)c1ccc(F)cc1[N+](=O)[O-]. The number of amides is 1. The largest absolute Gasteiger partial charge is 0.348 e. The highest BCUT2D eigenvalue weighted by atomic mass is 79.9. The third-order valence-electron chi connectivity index (χ3n) is 3.15. The van der Waals surface area contributed by atoms with Crippen molar-refractivity contribution >= 4 is 27.5 Å². The maximum atomic E-state index is 13.0. The van der Waals surface area contributed by atoms with E-state index in [0.717, 1.165) is 37.5 Å². The second-order valence-electron chi connectivity index (χ2n) is 4.45. The lowest BCUT2D eigenvalue weighted by Crippen LogP contribution is -2.37. The number of nitro groups is 1. The van der Waals surface area contributed by atoms with Gasteiger partial charge in [-0.05, 0) is 25.0 Å². The summed E-state index contributed by atoms with van der Waals surface area (Å²) in [6.45, 7) is 0. The number of alkyl halides is 1. The third-order valence-corrected chi connectivity index (χ3v) is 4.25. The number of nitrogens with zero attached hydrogens (tertiary/aromatic N) is 1. The van der Waals surface area contributed by atoms with E-state index in [1.165, 1.54) is 0 Å². The van der Waals surface area contributed by atoms with Gasteiger partial charge in [-0.2, -0.15) is 0 Å². The average Bonchev–Trinajstić information content (AvgIpc) is 2.74. The summed E-state index contributed by atoms with van der Waals surface area (Å²) < 4.78 is 13.0. The van der Waals surface area contributed by atoms with E-state index < -0.39 is 22.3 Å². The Hall–Kier alpha value is -1.50. The Bertz CT molecular complexity index is 524. The molecule has 0 spiro atoms. The molecule has 1 saturated carbocycles. The van der Waals surface area contributed by atoms with Crippen molar-refractivity contribution in [1.29, 1.82) is 0 Å². The Balaban J connectivity index is 2.21. The fraction of sp³-hybridized carbons (Fsp3) is 0.417. The van der Waals surface area contributed by atoms with E-state index in [1.807, 2.05) is 0 Å². The summed E-state index contributed by atoms with van der Waals surface area (Å²) in [6.07, 6.45) is 2.78. The van der Waals surface area contributed by atoms with Crippen molar-refractivity contribution in [3.05, 3.63) is 39.7 Å². The Kier molecular flexibility index (Phi) is 4.14. The van der Waals surface area contributed by atoms with Crippen molar-refractivity contribution in [3.63, 3.8) is 0 Å². The number of halogens is 2. The molecule has 0 radical (unpaired) electrons. The number of carbonyl (C=O) groups excluding carboxylic acids is 1. The van der Waals surface area contributed by atoms with Crippen molar-refractivity contribution in [2.24, 2.45) is 0 Å². The molecule has 0 aliphatic heterocycles. The number of carbonyl (C=O) groups is 1. The zero-order valence-electron chi connectivity index (χ0n) is 9.94. The molecule has 2 atom stereocenters. The molecule has 1 aliphatic rings. The lowest BCUT2D eigenvalue weighted by Gasteiger charge is -2.16. The van der Waals surface area contributed by atoms with Gasteiger partial charge in [0.1, 0.15) is 11.4 Å². The van der Waals surface area contributed by atoms with Crippen LogP contribution in [-0.4, -0.2) is 21.7 Å². The predicted octanol–water partition coefficient (Wildman–Crippen LogP) is 2.78. The molecule has 19 heavy (non-hydrogen) atoms. The van der Waals surface area contributed by atoms with Crippen molar-refractivity contribution in [3.8, 4) is 0 Å². The van der Waals surface area contributed by atoms with Gasteiger partial charge >= 0.3 is 0 Å². The second-order valence-corrected chi connectivity index (χ2v) is 5.62. The molecule has 1 aromatic carbocycles. The van der Waals surface area contributed by atoms with Crippen LogP contribution >= 0.6 is 15.9 Å². The van der Waals surface area contributed by atoms with Gasteiger partial charge in [0.2, 0.25) is 0 Å². The average molecular weight is 331 g/mol. The number of rotatable bonds is 3. The first-order valence-electron chi connectivity index (χ1n) is 5.88. The Labute approximate surface area is 117 Å². The summed E-state index contributed by atoms with van der Waals surface area (Å²) >= 11 is 3.46. The van der Waals surface area contributed by atoms with Gasteiger partial charge in [0.25, 0.3) is 11.6 Å². The molecule has 5 nitrogen and oxygen atoms in total. The number of hydrogen-bond donors (Lipinski definition) is 1. The molecule has 2 unspecified atom stereocenters. The first-order chi connectivity index (χ1) is 8.99. The van der Waals surface area contributed by atoms with E-state index in [9.17, 15) is 19.3 Å². The number of nitrogens with one attached hydrogen (secondary N) is 1. The van der Waals surface area contributed by atoms with Gasteiger partial charge < -0.3 is 5.32 Å². The molecule has 1 amide bonds. The Morgan fingerprint density at radius 2 is 2.21 bits per heavy atom. The summed E-state index contributed by atoms with van der Waals surface area (Å²) in [5, 5.41) is 13.6. The van der Waals surface area contributed by atoms with Gasteiger partial charge in [-0.25, -0.2) is 4.39 Å². The topological polar surface area (TPSA) is 72.2 Å². The molecule has 0 bridgehead atoms. The van der Waals surface area contributed by atoms with Gasteiger partial charge in [-0.1, -0.05) is 22.4 Å². The van der Waals surface area contributed by atoms with Crippen LogP contribution in [0.4, 0.5) is 10.1 Å². The van der Waals surface area contributed by atoms with Crippen LogP contribution in [0.2, 0.25) is 0 Å². The van der Waals surface area contributed by atoms with Crippen molar-refractivity contribution in [2.75, 3.05) is 0 Å². The summed E-state index contributed by atoms with van der Waals surface area (Å²) in [4.78, 5) is 22.3. The zero-order chi connectivity index (χ0) is 14.0. The van der Waals surface area contributed by atoms with Crippen LogP contribution in [0, 0.1) is 15.9 Å². The molecule has 1 fully saturated rings. The highest BCUT2D eigenvalue weighted by molar-refractivity contribution is 9.09. The highest BCUT2D eigenvalue weighted by Crippen LogP contribution is 2.27. The maximum Gasteiger partial charge on any atom is 0.285 e. The molecule has 0 heterocycles. The first kappa shape index (κ1) is 13.9. The van der Waals surface area contributed by atoms with Crippen LogP contribution in [0.25, 0.3) is 0 Å². The van der Waals surface area contributed by atoms with Crippen molar-refractivity contribution < 1.29 is 14.1 Å². The number of nitro benzene ring substituents is 1. The quantitative estimate of drug-likeness (QED) is 0.526. The Morgan fingerprint density at radius 3 is 2.79 bits per heavy atom. The molecule has 1 aromatic rings. The lowest BCUT2D eigenvalue weighted by atomic mass is 10.1. The summed E-state index contributed by atoms with van der Waals surface area (Å²) in [5.41, 5.74) is -0.625. The molecular formula is C12H12BrFN2O3. The minimum Gasteiger partial charge on any atom is -0.348 e. The van der Waals surface area contributed by atoms with Crippen LogP contribution in [0.3, 0.4) is 0 Å².